The van der Waals surface area contributed by atoms with E-state index in [9.17, 15) is 9.59 Å². The van der Waals surface area contributed by atoms with Crippen molar-refractivity contribution in [3.8, 4) is 0 Å². The molecule has 156 valence electrons. The van der Waals surface area contributed by atoms with Crippen LogP contribution in [-0.4, -0.2) is 33.4 Å². The minimum atomic E-state index is -0.510. The van der Waals surface area contributed by atoms with Crippen molar-refractivity contribution in [2.45, 2.75) is 38.4 Å². The van der Waals surface area contributed by atoms with Gasteiger partial charge in [-0.3, -0.25) is 19.1 Å². The van der Waals surface area contributed by atoms with E-state index in [-0.39, 0.29) is 23.3 Å². The highest BCUT2D eigenvalue weighted by Gasteiger charge is 2.43. The van der Waals surface area contributed by atoms with Gasteiger partial charge >= 0.3 is 0 Å². The van der Waals surface area contributed by atoms with Crippen molar-refractivity contribution in [3.63, 3.8) is 0 Å². The molecule has 5 rings (SSSR count). The van der Waals surface area contributed by atoms with E-state index in [1.54, 1.807) is 22.2 Å². The number of carbonyl (C=O) groups excluding carboxylic acids is 1. The predicted octanol–water partition coefficient (Wildman–Crippen LogP) is 2.68. The maximum atomic E-state index is 13.2. The number of hydrogen-bond donors (Lipinski definition) is 1. The number of pyridine rings is 1. The number of aromatic nitrogens is 2. The molecular weight excluding hydrogens is 400 g/mol. The van der Waals surface area contributed by atoms with Gasteiger partial charge in [-0.25, -0.2) is 4.98 Å². The molecule has 1 amide bonds. The number of nitrogens with zero attached hydrogens (tertiary/aromatic N) is 3. The van der Waals surface area contributed by atoms with Crippen molar-refractivity contribution in [2.24, 2.45) is 5.92 Å². The fourth-order valence-corrected chi connectivity index (χ4v) is 5.45. The Morgan fingerprint density at radius 3 is 2.97 bits per heavy atom. The molecule has 0 unspecified atom stereocenters. The number of piperidine rings is 1. The molecule has 7 nitrogen and oxygen atoms in total. The Morgan fingerprint density at radius 2 is 2.20 bits per heavy atom. The molecule has 3 aromatic rings. The van der Waals surface area contributed by atoms with E-state index in [1.807, 2.05) is 30.5 Å². The van der Waals surface area contributed by atoms with E-state index >= 15 is 0 Å². The van der Waals surface area contributed by atoms with Gasteiger partial charge in [0.2, 0.25) is 5.91 Å². The molecule has 0 spiro atoms. The normalized spacial score (nSPS) is 23.2. The number of furan rings is 1. The first kappa shape index (κ1) is 19.3. The Labute approximate surface area is 178 Å². The number of thiazole rings is 1. The molecular formula is C22H24N4O3S. The maximum absolute atomic E-state index is 13.2. The third kappa shape index (κ3) is 3.61. The second-order valence-corrected chi connectivity index (χ2v) is 8.92. The van der Waals surface area contributed by atoms with Crippen molar-refractivity contribution >= 4 is 17.2 Å². The minimum Gasteiger partial charge on any atom is -0.465 e. The second-order valence-electron chi connectivity index (χ2n) is 8.20. The van der Waals surface area contributed by atoms with E-state index in [0.29, 0.717) is 13.1 Å². The quantitative estimate of drug-likeness (QED) is 0.681. The van der Waals surface area contributed by atoms with Crippen molar-refractivity contribution in [2.75, 3.05) is 13.1 Å². The zero-order valence-electron chi connectivity index (χ0n) is 16.8. The van der Waals surface area contributed by atoms with Crippen molar-refractivity contribution < 1.29 is 9.21 Å². The lowest BCUT2D eigenvalue weighted by Crippen LogP contribution is -2.53. The lowest BCUT2D eigenvalue weighted by molar-refractivity contribution is -0.128. The summed E-state index contributed by atoms with van der Waals surface area (Å²) in [7, 11) is 0. The van der Waals surface area contributed by atoms with Crippen LogP contribution in [0.15, 0.2) is 50.4 Å². The van der Waals surface area contributed by atoms with Gasteiger partial charge in [-0.15, -0.1) is 11.3 Å². The van der Waals surface area contributed by atoms with Crippen LogP contribution in [0.3, 0.4) is 0 Å². The van der Waals surface area contributed by atoms with Gasteiger partial charge in [0.15, 0.2) is 0 Å². The Hall–Kier alpha value is -2.71. The van der Waals surface area contributed by atoms with Gasteiger partial charge < -0.3 is 9.73 Å². The zero-order valence-corrected chi connectivity index (χ0v) is 17.6. The molecule has 8 heteroatoms. The summed E-state index contributed by atoms with van der Waals surface area (Å²) in [5.74, 6) is 2.02. The minimum absolute atomic E-state index is 0.0721. The molecule has 3 atom stereocenters. The lowest BCUT2D eigenvalue weighted by Gasteiger charge is -2.46. The molecule has 2 aliphatic heterocycles. The molecule has 30 heavy (non-hydrogen) atoms. The average molecular weight is 425 g/mol. The molecule has 0 radical (unpaired) electrons. The third-order valence-corrected chi connectivity index (χ3v) is 6.73. The van der Waals surface area contributed by atoms with Gasteiger partial charge in [-0.05, 0) is 31.5 Å². The van der Waals surface area contributed by atoms with Gasteiger partial charge in [0.25, 0.3) is 5.56 Å². The summed E-state index contributed by atoms with van der Waals surface area (Å²) >= 11 is 1.50. The van der Waals surface area contributed by atoms with Crippen LogP contribution >= 0.6 is 11.3 Å². The van der Waals surface area contributed by atoms with Crippen LogP contribution in [0.5, 0.6) is 0 Å². The molecule has 2 bridgehead atoms. The molecule has 1 fully saturated rings. The van der Waals surface area contributed by atoms with E-state index in [1.165, 1.54) is 11.3 Å². The fraction of sp³-hybridized carbons (Fsp3) is 0.409. The van der Waals surface area contributed by atoms with Gasteiger partial charge in [0, 0.05) is 42.1 Å². The molecule has 2 aliphatic rings. The topological polar surface area (TPSA) is 80.4 Å². The standard InChI is InChI=1S/C22H24N4O3S/c1-14-5-6-18(29-14)11-25-9-15-7-16(10-25)21(26-19(15)3-2-4-20(26)27)22(28)23-8-17-12-30-13-24-17/h2-6,12-13,15-16,21H,7-11H2,1H3,(H,23,28)/t15-,16+,21-/m1/s1. The number of hydrogen-bond acceptors (Lipinski definition) is 6. The Bertz CT molecular complexity index is 1100. The van der Waals surface area contributed by atoms with Crippen molar-refractivity contribution in [3.05, 3.63) is 74.5 Å². The summed E-state index contributed by atoms with van der Waals surface area (Å²) in [6.45, 7) is 4.64. The average Bonchev–Trinajstić information content (AvgIpc) is 3.39. The van der Waals surface area contributed by atoms with Gasteiger partial charge in [-0.1, -0.05) is 6.07 Å². The summed E-state index contributed by atoms with van der Waals surface area (Å²) in [6.07, 6.45) is 0.909. The first-order valence-electron chi connectivity index (χ1n) is 10.2. The van der Waals surface area contributed by atoms with E-state index in [0.717, 1.165) is 42.4 Å². The molecule has 1 N–H and O–H groups in total. The van der Waals surface area contributed by atoms with Crippen LogP contribution in [0.2, 0.25) is 0 Å². The van der Waals surface area contributed by atoms with Crippen LogP contribution in [-0.2, 0) is 17.9 Å². The second kappa shape index (κ2) is 7.85. The first-order chi connectivity index (χ1) is 14.6. The molecule has 0 aromatic carbocycles. The van der Waals surface area contributed by atoms with Gasteiger partial charge in [0.1, 0.15) is 17.6 Å². The highest BCUT2D eigenvalue weighted by molar-refractivity contribution is 7.07. The number of fused-ring (bicyclic) bond motifs is 4. The summed E-state index contributed by atoms with van der Waals surface area (Å²) in [5, 5.41) is 4.92. The Morgan fingerprint density at radius 1 is 1.30 bits per heavy atom. The zero-order chi connectivity index (χ0) is 20.7. The maximum Gasteiger partial charge on any atom is 0.251 e. The van der Waals surface area contributed by atoms with Crippen LogP contribution in [0.25, 0.3) is 0 Å². The first-order valence-corrected chi connectivity index (χ1v) is 11.2. The Kier molecular flexibility index (Phi) is 5.04. The summed E-state index contributed by atoms with van der Waals surface area (Å²) < 4.78 is 7.49. The number of nitrogens with one attached hydrogen (secondary N) is 1. The highest BCUT2D eigenvalue weighted by Crippen LogP contribution is 2.41. The highest BCUT2D eigenvalue weighted by atomic mass is 32.1. The van der Waals surface area contributed by atoms with Crippen LogP contribution in [0, 0.1) is 12.8 Å². The summed E-state index contributed by atoms with van der Waals surface area (Å²) in [5.41, 5.74) is 3.43. The molecule has 3 aromatic heterocycles. The fourth-order valence-electron chi connectivity index (χ4n) is 4.89. The van der Waals surface area contributed by atoms with Crippen LogP contribution in [0.4, 0.5) is 0 Å². The number of rotatable bonds is 5. The molecule has 0 aliphatic carbocycles. The molecule has 0 saturated carbocycles. The number of likely N-dealkylation sites (tertiary alicyclic amines) is 1. The van der Waals surface area contributed by atoms with Crippen molar-refractivity contribution in [1.82, 2.24) is 19.8 Å². The molecule has 5 heterocycles. The predicted molar refractivity (Wildman–Crippen MR) is 113 cm³/mol. The Balaban J connectivity index is 1.43. The molecule has 1 saturated heterocycles. The monoisotopic (exact) mass is 424 g/mol. The van der Waals surface area contributed by atoms with E-state index < -0.39 is 6.04 Å². The van der Waals surface area contributed by atoms with E-state index in [2.05, 4.69) is 15.2 Å². The smallest absolute Gasteiger partial charge is 0.251 e. The van der Waals surface area contributed by atoms with E-state index in [4.69, 9.17) is 4.42 Å². The largest absolute Gasteiger partial charge is 0.465 e. The van der Waals surface area contributed by atoms with Gasteiger partial charge in [-0.2, -0.15) is 0 Å². The van der Waals surface area contributed by atoms with Crippen LogP contribution in [0.1, 0.15) is 41.3 Å². The summed E-state index contributed by atoms with van der Waals surface area (Å²) in [4.78, 5) is 32.6. The number of amides is 1. The SMILES string of the molecule is Cc1ccc(CN2C[C@H]3C[C@@H](C2)[C@H](C(=O)NCc2cscn2)n2c3cccc2=O)o1. The van der Waals surface area contributed by atoms with Crippen molar-refractivity contribution in [1.29, 1.82) is 0 Å². The number of carbonyl (C=O) groups is 1. The summed E-state index contributed by atoms with van der Waals surface area (Å²) in [6, 6.07) is 8.82. The number of aryl methyl sites for hydroxylation is 1. The third-order valence-electron chi connectivity index (χ3n) is 6.09. The van der Waals surface area contributed by atoms with Gasteiger partial charge in [0.05, 0.1) is 24.3 Å². The lowest BCUT2D eigenvalue weighted by atomic mass is 9.78. The van der Waals surface area contributed by atoms with Crippen LogP contribution < -0.4 is 10.9 Å².